The minimum Gasteiger partial charge on any atom is -0.396 e. The topological polar surface area (TPSA) is 47.3 Å². The van der Waals surface area contributed by atoms with Crippen molar-refractivity contribution in [2.75, 3.05) is 24.6 Å². The number of hydrogen-bond acceptors (Lipinski definition) is 3. The van der Waals surface area contributed by atoms with Gasteiger partial charge in [-0.2, -0.15) is 5.26 Å². The molecule has 3 nitrogen and oxygen atoms in total. The van der Waals surface area contributed by atoms with Gasteiger partial charge in [-0.1, -0.05) is 0 Å². The molecule has 0 heterocycles. The third-order valence-electron chi connectivity index (χ3n) is 2.41. The van der Waals surface area contributed by atoms with E-state index in [0.717, 1.165) is 12.2 Å². The number of nitrogens with zero attached hydrogens (tertiary/aromatic N) is 2. The largest absolute Gasteiger partial charge is 0.396 e. The van der Waals surface area contributed by atoms with Gasteiger partial charge in [0.2, 0.25) is 0 Å². The molecular formula is C12H15FN2O. The van der Waals surface area contributed by atoms with Crippen molar-refractivity contribution in [3.63, 3.8) is 0 Å². The second-order valence-corrected chi connectivity index (χ2v) is 3.43. The summed E-state index contributed by atoms with van der Waals surface area (Å²) < 4.78 is 13.4. The summed E-state index contributed by atoms with van der Waals surface area (Å²) in [5, 5.41) is 17.4. The summed E-state index contributed by atoms with van der Waals surface area (Å²) in [5.41, 5.74) is 0.800. The van der Waals surface area contributed by atoms with Crippen molar-refractivity contribution >= 4 is 5.69 Å². The zero-order valence-electron chi connectivity index (χ0n) is 9.28. The number of aliphatic hydroxyl groups excluding tert-OH is 1. The van der Waals surface area contributed by atoms with Gasteiger partial charge in [-0.3, -0.25) is 0 Å². The van der Waals surface area contributed by atoms with Crippen molar-refractivity contribution in [3.05, 3.63) is 29.6 Å². The fourth-order valence-corrected chi connectivity index (χ4v) is 1.52. The number of halogens is 1. The van der Waals surface area contributed by atoms with Crippen molar-refractivity contribution in [1.82, 2.24) is 0 Å². The van der Waals surface area contributed by atoms with E-state index in [1.165, 1.54) is 12.1 Å². The van der Waals surface area contributed by atoms with Crippen LogP contribution in [0, 0.1) is 17.1 Å². The number of rotatable bonds is 5. The normalized spacial score (nSPS) is 9.88. The van der Waals surface area contributed by atoms with Gasteiger partial charge in [0, 0.05) is 25.4 Å². The second-order valence-electron chi connectivity index (χ2n) is 3.43. The molecule has 0 radical (unpaired) electrons. The van der Waals surface area contributed by atoms with E-state index >= 15 is 0 Å². The average molecular weight is 222 g/mol. The van der Waals surface area contributed by atoms with E-state index < -0.39 is 5.82 Å². The molecule has 0 aliphatic heterocycles. The van der Waals surface area contributed by atoms with E-state index in [-0.39, 0.29) is 12.2 Å². The highest BCUT2D eigenvalue weighted by molar-refractivity contribution is 5.50. The average Bonchev–Trinajstić information content (AvgIpc) is 2.30. The van der Waals surface area contributed by atoms with Gasteiger partial charge in [-0.15, -0.1) is 0 Å². The van der Waals surface area contributed by atoms with Gasteiger partial charge in [0.15, 0.2) is 0 Å². The Labute approximate surface area is 94.7 Å². The van der Waals surface area contributed by atoms with Crippen LogP contribution in [-0.4, -0.2) is 24.8 Å². The number of benzene rings is 1. The zero-order chi connectivity index (χ0) is 12.0. The summed E-state index contributed by atoms with van der Waals surface area (Å²) in [5.74, 6) is -0.498. The molecule has 0 unspecified atom stereocenters. The quantitative estimate of drug-likeness (QED) is 0.827. The lowest BCUT2D eigenvalue weighted by Gasteiger charge is -2.22. The molecule has 0 spiro atoms. The van der Waals surface area contributed by atoms with Crippen LogP contribution in [0.25, 0.3) is 0 Å². The first-order valence-corrected chi connectivity index (χ1v) is 5.28. The molecule has 1 N–H and O–H groups in total. The molecule has 1 aromatic rings. The fraction of sp³-hybridized carbons (Fsp3) is 0.417. The van der Waals surface area contributed by atoms with Crippen LogP contribution in [0.4, 0.5) is 10.1 Å². The number of nitriles is 1. The van der Waals surface area contributed by atoms with E-state index in [2.05, 4.69) is 0 Å². The Hall–Kier alpha value is -1.60. The molecule has 0 amide bonds. The summed E-state index contributed by atoms with van der Waals surface area (Å²) in [6.07, 6.45) is 0.648. The molecular weight excluding hydrogens is 207 g/mol. The first-order valence-electron chi connectivity index (χ1n) is 5.28. The van der Waals surface area contributed by atoms with Crippen molar-refractivity contribution < 1.29 is 9.50 Å². The van der Waals surface area contributed by atoms with E-state index in [0.29, 0.717) is 13.0 Å². The number of aliphatic hydroxyl groups is 1. The van der Waals surface area contributed by atoms with Crippen molar-refractivity contribution in [1.29, 1.82) is 5.26 Å². The maximum Gasteiger partial charge on any atom is 0.143 e. The smallest absolute Gasteiger partial charge is 0.143 e. The highest BCUT2D eigenvalue weighted by Crippen LogP contribution is 2.18. The lowest BCUT2D eigenvalue weighted by atomic mass is 10.2. The molecule has 0 aliphatic rings. The molecule has 0 atom stereocenters. The number of hydrogen-bond donors (Lipinski definition) is 1. The predicted octanol–water partition coefficient (Wildman–Crippen LogP) is 1.91. The molecule has 0 aromatic heterocycles. The molecule has 0 saturated carbocycles. The molecule has 16 heavy (non-hydrogen) atoms. The van der Waals surface area contributed by atoms with Gasteiger partial charge in [-0.05, 0) is 31.5 Å². The van der Waals surface area contributed by atoms with Crippen molar-refractivity contribution in [2.45, 2.75) is 13.3 Å². The Morgan fingerprint density at radius 1 is 1.50 bits per heavy atom. The van der Waals surface area contributed by atoms with Gasteiger partial charge < -0.3 is 10.0 Å². The predicted molar refractivity (Wildman–Crippen MR) is 60.7 cm³/mol. The Balaban J connectivity index is 2.86. The Morgan fingerprint density at radius 2 is 2.25 bits per heavy atom. The molecule has 0 aliphatic carbocycles. The van der Waals surface area contributed by atoms with Gasteiger partial charge in [0.05, 0.1) is 5.56 Å². The minimum absolute atomic E-state index is 0.0574. The molecule has 1 aromatic carbocycles. The van der Waals surface area contributed by atoms with Crippen LogP contribution in [0.3, 0.4) is 0 Å². The molecule has 1 rings (SSSR count). The van der Waals surface area contributed by atoms with Gasteiger partial charge in [0.1, 0.15) is 11.9 Å². The van der Waals surface area contributed by atoms with Crippen molar-refractivity contribution in [2.24, 2.45) is 0 Å². The lowest BCUT2D eigenvalue weighted by molar-refractivity contribution is 0.289. The fourth-order valence-electron chi connectivity index (χ4n) is 1.52. The van der Waals surface area contributed by atoms with Crippen LogP contribution in [0.2, 0.25) is 0 Å². The van der Waals surface area contributed by atoms with Gasteiger partial charge in [-0.25, -0.2) is 4.39 Å². The maximum atomic E-state index is 13.4. The van der Waals surface area contributed by atoms with Crippen LogP contribution in [0.1, 0.15) is 18.9 Å². The molecule has 0 fully saturated rings. The molecule has 0 saturated heterocycles. The molecule has 86 valence electrons. The summed E-state index contributed by atoms with van der Waals surface area (Å²) in [6, 6.07) is 6.35. The first kappa shape index (κ1) is 12.5. The molecule has 0 bridgehead atoms. The second kappa shape index (κ2) is 6.09. The highest BCUT2D eigenvalue weighted by atomic mass is 19.1. The van der Waals surface area contributed by atoms with Gasteiger partial charge >= 0.3 is 0 Å². The Morgan fingerprint density at radius 3 is 2.75 bits per heavy atom. The third-order valence-corrected chi connectivity index (χ3v) is 2.41. The zero-order valence-corrected chi connectivity index (χ0v) is 9.28. The first-order chi connectivity index (χ1) is 7.72. The Bertz CT molecular complexity index is 387. The maximum absolute atomic E-state index is 13.4. The SMILES string of the molecule is CCN(CCCO)c1ccc(C#N)c(F)c1. The van der Waals surface area contributed by atoms with Gasteiger partial charge in [0.25, 0.3) is 0 Å². The number of anilines is 1. The van der Waals surface area contributed by atoms with E-state index in [9.17, 15) is 4.39 Å². The van der Waals surface area contributed by atoms with Crippen LogP contribution < -0.4 is 4.90 Å². The highest BCUT2D eigenvalue weighted by Gasteiger charge is 2.07. The van der Waals surface area contributed by atoms with Crippen LogP contribution in [0.15, 0.2) is 18.2 Å². The summed E-state index contributed by atoms with van der Waals surface area (Å²) in [4.78, 5) is 1.96. The van der Waals surface area contributed by atoms with E-state index in [4.69, 9.17) is 10.4 Å². The lowest BCUT2D eigenvalue weighted by Crippen LogP contribution is -2.24. The standard InChI is InChI=1S/C12H15FN2O/c1-2-15(6-3-7-16)11-5-4-10(9-14)12(13)8-11/h4-5,8,16H,2-3,6-7H2,1H3. The molecule has 4 heteroatoms. The van der Waals surface area contributed by atoms with Crippen molar-refractivity contribution in [3.8, 4) is 6.07 Å². The van der Waals surface area contributed by atoms with E-state index in [1.54, 1.807) is 12.1 Å². The minimum atomic E-state index is -0.498. The Kier molecular flexibility index (Phi) is 4.74. The summed E-state index contributed by atoms with van der Waals surface area (Å²) >= 11 is 0. The van der Waals surface area contributed by atoms with Crippen LogP contribution in [0.5, 0.6) is 0 Å². The monoisotopic (exact) mass is 222 g/mol. The van der Waals surface area contributed by atoms with E-state index in [1.807, 2.05) is 11.8 Å². The van der Waals surface area contributed by atoms with Crippen LogP contribution >= 0.6 is 0 Å². The third kappa shape index (κ3) is 2.94. The summed E-state index contributed by atoms with van der Waals surface area (Å²) in [6.45, 7) is 3.51. The van der Waals surface area contributed by atoms with Crippen LogP contribution in [-0.2, 0) is 0 Å². The summed E-state index contributed by atoms with van der Waals surface area (Å²) in [7, 11) is 0.